The average molecular weight is 260 g/mol. The average Bonchev–Trinajstić information content (AvgIpc) is 2.39. The number of amides is 1. The number of rotatable bonds is 4. The quantitative estimate of drug-likeness (QED) is 0.901. The Morgan fingerprint density at radius 1 is 1.37 bits per heavy atom. The normalized spacial score (nSPS) is 16.6. The Labute approximate surface area is 116 Å². The van der Waals surface area contributed by atoms with Gasteiger partial charge in [0.1, 0.15) is 0 Å². The lowest BCUT2D eigenvalue weighted by Crippen LogP contribution is -2.42. The summed E-state index contributed by atoms with van der Waals surface area (Å²) in [5, 5.41) is 3.25. The van der Waals surface area contributed by atoms with Crippen molar-refractivity contribution in [2.45, 2.75) is 33.2 Å². The maximum Gasteiger partial charge on any atom is 0.236 e. The van der Waals surface area contributed by atoms with Gasteiger partial charge in [0.15, 0.2) is 0 Å². The van der Waals surface area contributed by atoms with Gasteiger partial charge in [0, 0.05) is 19.6 Å². The number of nitrogens with one attached hydrogen (secondary N) is 1. The predicted octanol–water partition coefficient (Wildman–Crippen LogP) is 2.34. The van der Waals surface area contributed by atoms with Crippen LogP contribution in [0.25, 0.3) is 0 Å². The van der Waals surface area contributed by atoms with Crippen LogP contribution >= 0.6 is 0 Å². The first-order valence-electron chi connectivity index (χ1n) is 7.19. The second kappa shape index (κ2) is 6.71. The zero-order chi connectivity index (χ0) is 13.7. The highest BCUT2D eigenvalue weighted by atomic mass is 16.2. The first kappa shape index (κ1) is 14.1. The molecule has 19 heavy (non-hydrogen) atoms. The molecule has 1 heterocycles. The summed E-state index contributed by atoms with van der Waals surface area (Å²) in [7, 11) is 0. The van der Waals surface area contributed by atoms with E-state index in [2.05, 4.69) is 43.4 Å². The molecule has 0 radical (unpaired) electrons. The van der Waals surface area contributed by atoms with Gasteiger partial charge in [-0.25, -0.2) is 0 Å². The molecule has 104 valence electrons. The number of nitrogens with zero attached hydrogens (tertiary/aromatic N) is 1. The highest BCUT2D eigenvalue weighted by Crippen LogP contribution is 2.15. The number of aryl methyl sites for hydroxylation is 1. The van der Waals surface area contributed by atoms with E-state index < -0.39 is 0 Å². The molecular weight excluding hydrogens is 236 g/mol. The van der Waals surface area contributed by atoms with Gasteiger partial charge in [-0.3, -0.25) is 4.79 Å². The molecule has 0 bridgehead atoms. The highest BCUT2D eigenvalue weighted by molar-refractivity contribution is 5.78. The first-order valence-corrected chi connectivity index (χ1v) is 7.19. The Morgan fingerprint density at radius 3 is 2.79 bits per heavy atom. The van der Waals surface area contributed by atoms with Crippen LogP contribution in [-0.4, -0.2) is 30.4 Å². The van der Waals surface area contributed by atoms with Crippen molar-refractivity contribution in [3.8, 4) is 0 Å². The van der Waals surface area contributed by atoms with Crippen LogP contribution in [0.15, 0.2) is 24.3 Å². The van der Waals surface area contributed by atoms with Gasteiger partial charge in [-0.05, 0) is 31.2 Å². The van der Waals surface area contributed by atoms with Crippen LogP contribution in [0.1, 0.15) is 30.9 Å². The van der Waals surface area contributed by atoms with Crippen LogP contribution in [0.2, 0.25) is 0 Å². The fourth-order valence-electron chi connectivity index (χ4n) is 2.51. The number of carbonyl (C=O) groups is 1. The van der Waals surface area contributed by atoms with Gasteiger partial charge in [0.25, 0.3) is 0 Å². The van der Waals surface area contributed by atoms with Gasteiger partial charge in [0.05, 0.1) is 6.54 Å². The maximum absolute atomic E-state index is 12.0. The van der Waals surface area contributed by atoms with E-state index in [1.54, 1.807) is 0 Å². The van der Waals surface area contributed by atoms with Crippen molar-refractivity contribution in [3.05, 3.63) is 35.4 Å². The Balaban J connectivity index is 1.72. The van der Waals surface area contributed by atoms with Gasteiger partial charge in [-0.1, -0.05) is 36.8 Å². The number of hydrogen-bond donors (Lipinski definition) is 1. The standard InChI is InChI=1S/C16H24N2O/c1-13-6-8-18(9-7-13)16(19)12-17-11-15-5-3-4-14(2)10-15/h3-5,10,13,17H,6-9,11-12H2,1-2H3. The molecule has 0 unspecified atom stereocenters. The Kier molecular flexibility index (Phi) is 4.97. The lowest BCUT2D eigenvalue weighted by molar-refractivity contribution is -0.131. The van der Waals surface area contributed by atoms with Gasteiger partial charge < -0.3 is 10.2 Å². The molecule has 2 rings (SSSR count). The van der Waals surface area contributed by atoms with Gasteiger partial charge in [-0.2, -0.15) is 0 Å². The molecule has 0 aromatic heterocycles. The minimum absolute atomic E-state index is 0.236. The van der Waals surface area contributed by atoms with Gasteiger partial charge in [-0.15, -0.1) is 0 Å². The third-order valence-corrected chi connectivity index (χ3v) is 3.82. The summed E-state index contributed by atoms with van der Waals surface area (Å²) in [5.41, 5.74) is 2.50. The molecule has 1 aromatic rings. The summed E-state index contributed by atoms with van der Waals surface area (Å²) in [5.74, 6) is 1.00. The number of piperidine rings is 1. The molecule has 1 aromatic carbocycles. The summed E-state index contributed by atoms with van der Waals surface area (Å²) in [6.45, 7) is 7.40. The summed E-state index contributed by atoms with van der Waals surface area (Å²) in [4.78, 5) is 14.0. The number of carbonyl (C=O) groups excluding carboxylic acids is 1. The number of likely N-dealkylation sites (tertiary alicyclic amines) is 1. The highest BCUT2D eigenvalue weighted by Gasteiger charge is 2.19. The summed E-state index contributed by atoms with van der Waals surface area (Å²) in [6.07, 6.45) is 2.28. The second-order valence-electron chi connectivity index (χ2n) is 5.66. The van der Waals surface area contributed by atoms with E-state index in [9.17, 15) is 4.79 Å². The largest absolute Gasteiger partial charge is 0.342 e. The molecule has 1 aliphatic rings. The van der Waals surface area contributed by atoms with Crippen LogP contribution in [0.5, 0.6) is 0 Å². The van der Waals surface area contributed by atoms with Gasteiger partial charge >= 0.3 is 0 Å². The van der Waals surface area contributed by atoms with Crippen molar-refractivity contribution < 1.29 is 4.79 Å². The van der Waals surface area contributed by atoms with Crippen molar-refractivity contribution in [2.24, 2.45) is 5.92 Å². The van der Waals surface area contributed by atoms with E-state index in [1.165, 1.54) is 11.1 Å². The predicted molar refractivity (Wildman–Crippen MR) is 77.9 cm³/mol. The summed E-state index contributed by atoms with van der Waals surface area (Å²) in [6, 6.07) is 8.39. The van der Waals surface area contributed by atoms with Crippen LogP contribution in [0.4, 0.5) is 0 Å². The topological polar surface area (TPSA) is 32.3 Å². The molecule has 1 amide bonds. The zero-order valence-electron chi connectivity index (χ0n) is 12.0. The molecule has 0 atom stereocenters. The maximum atomic E-state index is 12.0. The molecular formula is C16H24N2O. The summed E-state index contributed by atoms with van der Waals surface area (Å²) >= 11 is 0. The van der Waals surface area contributed by atoms with E-state index in [-0.39, 0.29) is 5.91 Å². The summed E-state index contributed by atoms with van der Waals surface area (Å²) < 4.78 is 0. The Bertz CT molecular complexity index is 423. The monoisotopic (exact) mass is 260 g/mol. The van der Waals surface area contributed by atoms with Gasteiger partial charge in [0.2, 0.25) is 5.91 Å². The lowest BCUT2D eigenvalue weighted by atomic mass is 9.99. The van der Waals surface area contributed by atoms with Crippen molar-refractivity contribution in [1.29, 1.82) is 0 Å². The second-order valence-corrected chi connectivity index (χ2v) is 5.66. The molecule has 3 heteroatoms. The minimum Gasteiger partial charge on any atom is -0.342 e. The Morgan fingerprint density at radius 2 is 2.11 bits per heavy atom. The van der Waals surface area contributed by atoms with Crippen LogP contribution in [0.3, 0.4) is 0 Å². The number of benzene rings is 1. The zero-order valence-corrected chi connectivity index (χ0v) is 12.0. The Hall–Kier alpha value is -1.35. The molecule has 1 aliphatic heterocycles. The van der Waals surface area contributed by atoms with E-state index in [4.69, 9.17) is 0 Å². The third-order valence-electron chi connectivity index (χ3n) is 3.82. The third kappa shape index (κ3) is 4.35. The van der Waals surface area contributed by atoms with E-state index in [0.717, 1.165) is 38.4 Å². The molecule has 1 fully saturated rings. The van der Waals surface area contributed by atoms with Crippen molar-refractivity contribution >= 4 is 5.91 Å². The number of hydrogen-bond acceptors (Lipinski definition) is 2. The molecule has 1 N–H and O–H groups in total. The first-order chi connectivity index (χ1) is 9.15. The van der Waals surface area contributed by atoms with Crippen LogP contribution in [0, 0.1) is 12.8 Å². The minimum atomic E-state index is 0.236. The van der Waals surface area contributed by atoms with Crippen LogP contribution in [-0.2, 0) is 11.3 Å². The molecule has 0 saturated carbocycles. The van der Waals surface area contributed by atoms with E-state index in [1.807, 2.05) is 4.90 Å². The van der Waals surface area contributed by atoms with E-state index >= 15 is 0 Å². The fourth-order valence-corrected chi connectivity index (χ4v) is 2.51. The lowest BCUT2D eigenvalue weighted by Gasteiger charge is -2.30. The van der Waals surface area contributed by atoms with Crippen molar-refractivity contribution in [1.82, 2.24) is 10.2 Å². The molecule has 3 nitrogen and oxygen atoms in total. The van der Waals surface area contributed by atoms with E-state index in [0.29, 0.717) is 6.54 Å². The van der Waals surface area contributed by atoms with Crippen LogP contribution < -0.4 is 5.32 Å². The molecule has 0 spiro atoms. The van der Waals surface area contributed by atoms with Crippen molar-refractivity contribution in [3.63, 3.8) is 0 Å². The molecule has 0 aliphatic carbocycles. The SMILES string of the molecule is Cc1cccc(CNCC(=O)N2CCC(C)CC2)c1. The van der Waals surface area contributed by atoms with Crippen molar-refractivity contribution in [2.75, 3.05) is 19.6 Å². The smallest absolute Gasteiger partial charge is 0.236 e. The fraction of sp³-hybridized carbons (Fsp3) is 0.562. The molecule has 1 saturated heterocycles.